The summed E-state index contributed by atoms with van der Waals surface area (Å²) in [5, 5.41) is 3.08. The molecule has 3 fully saturated rings. The Morgan fingerprint density at radius 3 is 1.58 bits per heavy atom. The van der Waals surface area contributed by atoms with Crippen molar-refractivity contribution in [2.75, 3.05) is 27.3 Å². The highest BCUT2D eigenvalue weighted by molar-refractivity contribution is 9.10. The van der Waals surface area contributed by atoms with Gasteiger partial charge in [-0.3, -0.25) is 9.13 Å². The van der Waals surface area contributed by atoms with Gasteiger partial charge in [-0.2, -0.15) is 0 Å². The fourth-order valence-electron chi connectivity index (χ4n) is 11.6. The third-order valence-corrected chi connectivity index (χ3v) is 16.3. The van der Waals surface area contributed by atoms with Crippen molar-refractivity contribution in [3.05, 3.63) is 126 Å². The van der Waals surface area contributed by atoms with Gasteiger partial charge in [0.15, 0.2) is 0 Å². The fraction of sp³-hybridized carbons (Fsp3) is 0.464. The first-order chi connectivity index (χ1) is 36.9. The van der Waals surface area contributed by atoms with E-state index in [1.54, 1.807) is 39.1 Å². The van der Waals surface area contributed by atoms with Crippen LogP contribution in [-0.4, -0.2) is 119 Å². The lowest BCUT2D eigenvalue weighted by atomic mass is 9.75. The second-order valence-corrected chi connectivity index (χ2v) is 24.3. The monoisotopic (exact) mass is 1130 g/mol. The first-order valence-electron chi connectivity index (χ1n) is 26.3. The summed E-state index contributed by atoms with van der Waals surface area (Å²) >= 11 is 3.53. The van der Waals surface area contributed by atoms with Gasteiger partial charge in [-0.05, 0) is 116 Å². The van der Waals surface area contributed by atoms with E-state index in [9.17, 15) is 0 Å². The average molecular weight is 1130 g/mol. The second kappa shape index (κ2) is 19.5. The third-order valence-electron chi connectivity index (χ3n) is 15.8. The van der Waals surface area contributed by atoms with Gasteiger partial charge >= 0.3 is 7.12 Å². The molecule has 78 heavy (non-hydrogen) atoms. The van der Waals surface area contributed by atoms with Crippen LogP contribution in [0, 0.1) is 0 Å². The lowest BCUT2D eigenvalue weighted by Gasteiger charge is -2.50. The average Bonchev–Trinajstić information content (AvgIpc) is 4.38. The standard InChI is InChI=1S/C25H28N6O3.C17H22BrN3O3.C14H18BN3O2/c1-23(2)14-24(9-12-32-23)15-25(29-22(26)30(3)34-25)18-13-17(7-8-20(18)33-24)19-5-4-6-21(28-19)31-11-10-27-16-31;1-15(2)9-16(6-7-22-15)10-17(20-14(19)21(3)24-17)12-8-11(18)4-5-13(12)23-16;1-13(2)14(3,4)20-15(19-13)11-6-5-7-12(17-11)18-9-8-16-10-18/h4-8,10-11,13,16H,9,12,14-15H2,1-3H3,(H2,26,29);4-5,8H,6-7,9-10H2,1-3H3,(H2,19,20);5-10H,1-4H3. The molecule has 0 bridgehead atoms. The number of halogens is 1. The van der Waals surface area contributed by atoms with Crippen molar-refractivity contribution in [1.29, 1.82) is 0 Å². The minimum Gasteiger partial charge on any atom is -0.486 e. The number of aliphatic imine (C=N–C) groups is 2. The lowest BCUT2D eigenvalue weighted by molar-refractivity contribution is -0.225. The third kappa shape index (κ3) is 10.3. The molecule has 20 nitrogen and oxygen atoms in total. The van der Waals surface area contributed by atoms with Gasteiger partial charge in [0.25, 0.3) is 0 Å². The van der Waals surface area contributed by atoms with Crippen LogP contribution in [0.3, 0.4) is 0 Å². The Bertz CT molecular complexity index is 3250. The van der Waals surface area contributed by atoms with Crippen LogP contribution in [0.5, 0.6) is 11.5 Å². The molecule has 4 atom stereocenters. The molecule has 13 rings (SSSR count). The van der Waals surface area contributed by atoms with Crippen LogP contribution in [0.25, 0.3) is 22.9 Å². The number of nitrogens with two attached hydrogens (primary N) is 2. The van der Waals surface area contributed by atoms with Crippen molar-refractivity contribution >= 4 is 40.6 Å². The minimum absolute atomic E-state index is 0.244. The number of guanidine groups is 2. The van der Waals surface area contributed by atoms with Crippen LogP contribution < -0.4 is 26.5 Å². The molecule has 11 heterocycles. The van der Waals surface area contributed by atoms with E-state index in [4.69, 9.17) is 64.4 Å². The van der Waals surface area contributed by atoms with Gasteiger partial charge in [0.05, 0.1) is 58.0 Å². The maximum atomic E-state index is 6.71. The predicted octanol–water partition coefficient (Wildman–Crippen LogP) is 7.86. The Morgan fingerprint density at radius 1 is 0.590 bits per heavy atom. The number of pyridine rings is 2. The van der Waals surface area contributed by atoms with Gasteiger partial charge in [0.1, 0.15) is 47.0 Å². The Kier molecular flexibility index (Phi) is 13.4. The largest absolute Gasteiger partial charge is 0.514 e. The van der Waals surface area contributed by atoms with Gasteiger partial charge in [-0.15, -0.1) is 0 Å². The highest BCUT2D eigenvalue weighted by Crippen LogP contribution is 2.56. The summed E-state index contributed by atoms with van der Waals surface area (Å²) in [5.74, 6) is 3.87. The van der Waals surface area contributed by atoms with Gasteiger partial charge < -0.3 is 39.7 Å². The van der Waals surface area contributed by atoms with Crippen molar-refractivity contribution in [2.24, 2.45) is 21.5 Å². The van der Waals surface area contributed by atoms with Crippen LogP contribution in [0.2, 0.25) is 0 Å². The molecule has 7 aliphatic rings. The van der Waals surface area contributed by atoms with E-state index in [1.165, 1.54) is 10.1 Å². The first-order valence-corrected chi connectivity index (χ1v) is 27.1. The minimum atomic E-state index is -0.961. The number of hydrogen-bond acceptors (Lipinski definition) is 18. The number of fused-ring (bicyclic) bond motifs is 4. The molecule has 4 aromatic heterocycles. The van der Waals surface area contributed by atoms with Crippen molar-refractivity contribution in [3.8, 4) is 34.4 Å². The van der Waals surface area contributed by atoms with E-state index in [1.807, 2.05) is 116 Å². The molecule has 22 heteroatoms. The van der Waals surface area contributed by atoms with E-state index >= 15 is 0 Å². The Labute approximate surface area is 463 Å². The van der Waals surface area contributed by atoms with Crippen molar-refractivity contribution in [1.82, 2.24) is 39.2 Å². The topological polar surface area (TPSA) is 218 Å². The summed E-state index contributed by atoms with van der Waals surface area (Å²) in [5.41, 5.74) is 12.6. The first kappa shape index (κ1) is 53.6. The number of imidazole rings is 2. The highest BCUT2D eigenvalue weighted by Gasteiger charge is 2.59. The van der Waals surface area contributed by atoms with E-state index in [2.05, 4.69) is 64.6 Å². The van der Waals surface area contributed by atoms with Gasteiger partial charge in [0.2, 0.25) is 23.4 Å². The van der Waals surface area contributed by atoms with Crippen LogP contribution in [0.1, 0.15) is 105 Å². The molecule has 4 N–H and O–H groups in total. The van der Waals surface area contributed by atoms with Gasteiger partial charge in [-0.1, -0.05) is 28.1 Å². The number of hydrogen-bond donors (Lipinski definition) is 2. The summed E-state index contributed by atoms with van der Waals surface area (Å²) in [6.45, 7) is 17.8. The maximum Gasteiger partial charge on any atom is 0.514 e. The van der Waals surface area contributed by atoms with E-state index in [0.717, 1.165) is 81.3 Å². The quantitative estimate of drug-likeness (QED) is 0.161. The molecule has 6 aromatic rings. The zero-order valence-corrected chi connectivity index (χ0v) is 47.5. The summed E-state index contributed by atoms with van der Waals surface area (Å²) < 4.78 is 41.8. The number of aromatic nitrogens is 6. The normalized spacial score (nSPS) is 27.7. The SMILES string of the molecule is CC1(C)OB(c2cccc(-n3ccnc3)n2)OC1(C)C.CN1OC2(CC3(CCOC(C)(C)C3)Oc3ccc(-c4cccc(-n5ccnc5)n4)cc32)N=C1N.CN1OC2(CC3(CCOC(C)(C)C3)Oc3ccc(Br)cc32)N=C1N. The Balaban J connectivity index is 0.000000129. The number of rotatable bonds is 4. The molecule has 410 valence electrons. The number of benzene rings is 2. The smallest absolute Gasteiger partial charge is 0.486 e. The lowest BCUT2D eigenvalue weighted by Crippen LogP contribution is -2.55. The summed E-state index contributed by atoms with van der Waals surface area (Å²) in [6.07, 6.45) is 14.9. The van der Waals surface area contributed by atoms with Crippen LogP contribution in [-0.2, 0) is 39.9 Å². The Morgan fingerprint density at radius 2 is 1.09 bits per heavy atom. The van der Waals surface area contributed by atoms with Crippen molar-refractivity contribution in [2.45, 2.75) is 139 Å². The molecule has 7 aliphatic heterocycles. The highest BCUT2D eigenvalue weighted by atomic mass is 79.9. The predicted molar refractivity (Wildman–Crippen MR) is 297 cm³/mol. The molecular formula is C56H68BBrN12O8. The van der Waals surface area contributed by atoms with Crippen LogP contribution >= 0.6 is 15.9 Å². The summed E-state index contributed by atoms with van der Waals surface area (Å²) in [6, 6.07) is 23.7. The molecule has 0 radical (unpaired) electrons. The zero-order valence-electron chi connectivity index (χ0n) is 45.9. The van der Waals surface area contributed by atoms with E-state index < -0.39 is 24.2 Å². The molecule has 2 aromatic carbocycles. The van der Waals surface area contributed by atoms with Crippen LogP contribution in [0.15, 0.2) is 125 Å². The molecular weight excluding hydrogens is 1060 g/mol. The molecule has 0 amide bonds. The van der Waals surface area contributed by atoms with E-state index in [-0.39, 0.29) is 28.0 Å². The Hall–Kier alpha value is -6.40. The van der Waals surface area contributed by atoms with Gasteiger partial charge in [0, 0.05) is 87.4 Å². The van der Waals surface area contributed by atoms with Crippen LogP contribution in [0.4, 0.5) is 0 Å². The molecule has 0 aliphatic carbocycles. The molecule has 4 unspecified atom stereocenters. The number of ether oxygens (including phenoxy) is 4. The van der Waals surface area contributed by atoms with Gasteiger partial charge in [-0.25, -0.2) is 49.7 Å². The zero-order chi connectivity index (χ0) is 55.1. The second-order valence-electron chi connectivity index (χ2n) is 23.4. The van der Waals surface area contributed by atoms with Crippen molar-refractivity contribution < 1.29 is 37.9 Å². The van der Waals surface area contributed by atoms with Crippen molar-refractivity contribution in [3.63, 3.8) is 0 Å². The fourth-order valence-corrected chi connectivity index (χ4v) is 11.9. The van der Waals surface area contributed by atoms with E-state index in [0.29, 0.717) is 38.0 Å². The molecule has 0 saturated carbocycles. The maximum absolute atomic E-state index is 6.71. The number of nitrogens with zero attached hydrogens (tertiary/aromatic N) is 10. The summed E-state index contributed by atoms with van der Waals surface area (Å²) in [4.78, 5) is 39.6. The molecule has 3 saturated heterocycles. The number of hydroxylamine groups is 4. The summed E-state index contributed by atoms with van der Waals surface area (Å²) in [7, 11) is 3.12. The molecule has 4 spiro atoms.